The van der Waals surface area contributed by atoms with Crippen molar-refractivity contribution in [1.29, 1.82) is 0 Å². The van der Waals surface area contributed by atoms with Gasteiger partial charge in [0.1, 0.15) is 0 Å². The molecule has 19 heavy (non-hydrogen) atoms. The average Bonchev–Trinajstić information content (AvgIpc) is 2.41. The number of rotatable bonds is 1. The number of aromatic amines is 1. The molecule has 1 N–H and O–H groups in total. The van der Waals surface area contributed by atoms with Gasteiger partial charge in [0, 0.05) is 0 Å². The van der Waals surface area contributed by atoms with Crippen molar-refractivity contribution < 1.29 is 0 Å². The van der Waals surface area contributed by atoms with Crippen LogP contribution < -0.4 is 5.56 Å². The molecule has 0 unspecified atom stereocenters. The Kier molecular flexibility index (Phi) is 2.97. The number of aromatic nitrogens is 2. The Hall–Kier alpha value is -1.91. The zero-order valence-corrected chi connectivity index (χ0v) is 11.3. The first-order valence-corrected chi connectivity index (χ1v) is 6.46. The van der Waals surface area contributed by atoms with Crippen LogP contribution in [-0.2, 0) is 0 Å². The van der Waals surface area contributed by atoms with Crippen LogP contribution in [0, 0.1) is 4.77 Å². The van der Waals surface area contributed by atoms with E-state index in [0.717, 1.165) is 5.52 Å². The van der Waals surface area contributed by atoms with Gasteiger partial charge >= 0.3 is 0 Å². The number of halogens is 1. The standard InChI is InChI=1S/C14H9ClN2OS/c15-10-6-2-4-8-12(10)17-13(18)9-5-1-3-7-11(9)16-14(17)19/h1-8H,(H,16,19). The van der Waals surface area contributed by atoms with Crippen LogP contribution in [0.4, 0.5) is 0 Å². The summed E-state index contributed by atoms with van der Waals surface area (Å²) < 4.78 is 1.75. The van der Waals surface area contributed by atoms with Gasteiger partial charge in [0.2, 0.25) is 0 Å². The van der Waals surface area contributed by atoms with E-state index in [1.165, 1.54) is 4.57 Å². The minimum atomic E-state index is -0.174. The molecule has 0 spiro atoms. The van der Waals surface area contributed by atoms with Gasteiger partial charge in [-0.25, -0.2) is 0 Å². The second kappa shape index (κ2) is 4.64. The first-order valence-electron chi connectivity index (χ1n) is 5.67. The zero-order valence-electron chi connectivity index (χ0n) is 9.76. The monoisotopic (exact) mass is 288 g/mol. The molecule has 94 valence electrons. The predicted octanol–water partition coefficient (Wildman–Crippen LogP) is 3.70. The fourth-order valence-electron chi connectivity index (χ4n) is 2.01. The summed E-state index contributed by atoms with van der Waals surface area (Å²) in [5.41, 5.74) is 1.13. The van der Waals surface area contributed by atoms with Crippen molar-refractivity contribution in [3.8, 4) is 5.69 Å². The van der Waals surface area contributed by atoms with E-state index in [9.17, 15) is 4.79 Å². The molecule has 0 bridgehead atoms. The van der Waals surface area contributed by atoms with Gasteiger partial charge < -0.3 is 4.98 Å². The first-order chi connectivity index (χ1) is 9.18. The number of H-pyrrole nitrogens is 1. The number of fused-ring (bicyclic) bond motifs is 1. The van der Waals surface area contributed by atoms with E-state index in [0.29, 0.717) is 20.9 Å². The van der Waals surface area contributed by atoms with E-state index in [1.54, 1.807) is 18.2 Å². The van der Waals surface area contributed by atoms with Crippen molar-refractivity contribution in [2.75, 3.05) is 0 Å². The van der Waals surface area contributed by atoms with Gasteiger partial charge in [-0.15, -0.1) is 0 Å². The summed E-state index contributed by atoms with van der Waals surface area (Å²) >= 11 is 11.4. The molecule has 0 aliphatic carbocycles. The molecule has 0 amide bonds. The number of hydrogen-bond donors (Lipinski definition) is 1. The maximum absolute atomic E-state index is 12.5. The summed E-state index contributed by atoms with van der Waals surface area (Å²) in [6.07, 6.45) is 0. The Morgan fingerprint density at radius 1 is 1.05 bits per heavy atom. The third kappa shape index (κ3) is 1.99. The molecule has 1 aromatic heterocycles. The molecule has 0 atom stereocenters. The molecule has 0 saturated heterocycles. The van der Waals surface area contributed by atoms with E-state index in [-0.39, 0.29) is 5.56 Å². The summed E-state index contributed by atoms with van der Waals surface area (Å²) in [7, 11) is 0. The third-order valence-electron chi connectivity index (χ3n) is 2.90. The highest BCUT2D eigenvalue weighted by molar-refractivity contribution is 7.71. The molecule has 0 fully saturated rings. The second-order valence-electron chi connectivity index (χ2n) is 4.07. The van der Waals surface area contributed by atoms with Crippen LogP contribution in [0.15, 0.2) is 53.3 Å². The topological polar surface area (TPSA) is 37.8 Å². The Balaban J connectivity index is 2.47. The quantitative estimate of drug-likeness (QED) is 0.693. The highest BCUT2D eigenvalue weighted by Gasteiger charge is 2.09. The Labute approximate surface area is 119 Å². The summed E-state index contributed by atoms with van der Waals surface area (Å²) in [5, 5.41) is 1.07. The Morgan fingerprint density at radius 2 is 1.74 bits per heavy atom. The lowest BCUT2D eigenvalue weighted by Gasteiger charge is -2.09. The Bertz CT molecular complexity index is 882. The molecule has 3 aromatic rings. The van der Waals surface area contributed by atoms with E-state index in [4.69, 9.17) is 23.8 Å². The van der Waals surface area contributed by atoms with Crippen LogP contribution in [0.5, 0.6) is 0 Å². The van der Waals surface area contributed by atoms with Gasteiger partial charge in [-0.05, 0) is 36.5 Å². The Morgan fingerprint density at radius 3 is 2.53 bits per heavy atom. The molecule has 3 rings (SSSR count). The molecular weight excluding hydrogens is 280 g/mol. The van der Waals surface area contributed by atoms with Crippen LogP contribution in [0.25, 0.3) is 16.6 Å². The van der Waals surface area contributed by atoms with Gasteiger partial charge in [0.05, 0.1) is 21.6 Å². The molecule has 0 radical (unpaired) electrons. The lowest BCUT2D eigenvalue weighted by atomic mass is 10.2. The van der Waals surface area contributed by atoms with Gasteiger partial charge in [-0.3, -0.25) is 9.36 Å². The van der Waals surface area contributed by atoms with E-state index in [2.05, 4.69) is 4.98 Å². The van der Waals surface area contributed by atoms with Gasteiger partial charge in [0.15, 0.2) is 4.77 Å². The fourth-order valence-corrected chi connectivity index (χ4v) is 2.53. The molecule has 5 heteroatoms. The van der Waals surface area contributed by atoms with E-state index >= 15 is 0 Å². The summed E-state index contributed by atoms with van der Waals surface area (Å²) in [6, 6.07) is 14.4. The normalized spacial score (nSPS) is 10.8. The van der Waals surface area contributed by atoms with Crippen LogP contribution >= 0.6 is 23.8 Å². The van der Waals surface area contributed by atoms with Crippen molar-refractivity contribution in [2.45, 2.75) is 0 Å². The highest BCUT2D eigenvalue weighted by Crippen LogP contribution is 2.19. The highest BCUT2D eigenvalue weighted by atomic mass is 35.5. The van der Waals surface area contributed by atoms with Crippen LogP contribution in [0.2, 0.25) is 5.02 Å². The molecule has 0 aliphatic heterocycles. The summed E-state index contributed by atoms with van der Waals surface area (Å²) in [4.78, 5) is 15.6. The molecule has 0 aliphatic rings. The van der Waals surface area contributed by atoms with E-state index < -0.39 is 0 Å². The minimum Gasteiger partial charge on any atom is -0.331 e. The maximum atomic E-state index is 12.5. The SMILES string of the molecule is O=c1c2ccccc2[nH]c(=S)n1-c1ccccc1Cl. The second-order valence-corrected chi connectivity index (χ2v) is 4.86. The smallest absolute Gasteiger partial charge is 0.266 e. The number of nitrogens with zero attached hydrogens (tertiary/aromatic N) is 1. The summed E-state index contributed by atoms with van der Waals surface area (Å²) in [6.45, 7) is 0. The van der Waals surface area contributed by atoms with Crippen LogP contribution in [0.3, 0.4) is 0 Å². The van der Waals surface area contributed by atoms with Gasteiger partial charge in [-0.2, -0.15) is 0 Å². The molecular formula is C14H9ClN2OS. The number of hydrogen-bond acceptors (Lipinski definition) is 2. The van der Waals surface area contributed by atoms with Crippen LogP contribution in [0.1, 0.15) is 0 Å². The maximum Gasteiger partial charge on any atom is 0.266 e. The molecule has 1 heterocycles. The lowest BCUT2D eigenvalue weighted by molar-refractivity contribution is 0.940. The van der Waals surface area contributed by atoms with Gasteiger partial charge in [-0.1, -0.05) is 35.9 Å². The fraction of sp³-hybridized carbons (Fsp3) is 0. The minimum absolute atomic E-state index is 0.174. The average molecular weight is 289 g/mol. The molecule has 0 saturated carbocycles. The van der Waals surface area contributed by atoms with Crippen LogP contribution in [-0.4, -0.2) is 9.55 Å². The lowest BCUT2D eigenvalue weighted by Crippen LogP contribution is -2.20. The largest absolute Gasteiger partial charge is 0.331 e. The van der Waals surface area contributed by atoms with Gasteiger partial charge in [0.25, 0.3) is 5.56 Å². The number of para-hydroxylation sites is 2. The molecule has 2 aromatic carbocycles. The number of benzene rings is 2. The van der Waals surface area contributed by atoms with Crippen molar-refractivity contribution in [3.63, 3.8) is 0 Å². The zero-order chi connectivity index (χ0) is 13.4. The van der Waals surface area contributed by atoms with Crippen molar-refractivity contribution in [1.82, 2.24) is 9.55 Å². The first kappa shape index (κ1) is 12.1. The van der Waals surface area contributed by atoms with E-state index in [1.807, 2.05) is 30.3 Å². The van der Waals surface area contributed by atoms with Crippen molar-refractivity contribution in [3.05, 3.63) is 68.7 Å². The third-order valence-corrected chi connectivity index (χ3v) is 3.50. The van der Waals surface area contributed by atoms with Crippen molar-refractivity contribution in [2.24, 2.45) is 0 Å². The molecule has 3 nitrogen and oxygen atoms in total. The number of nitrogens with one attached hydrogen (secondary N) is 1. The van der Waals surface area contributed by atoms with Crippen molar-refractivity contribution >= 4 is 34.7 Å². The summed E-state index contributed by atoms with van der Waals surface area (Å²) in [5.74, 6) is 0. The predicted molar refractivity (Wildman–Crippen MR) is 79.7 cm³/mol.